The Balaban J connectivity index is 1.82. The second-order valence-electron chi connectivity index (χ2n) is 5.46. The lowest BCUT2D eigenvalue weighted by molar-refractivity contribution is -0.117. The number of hydrogen-bond donors (Lipinski definition) is 1. The van der Waals surface area contributed by atoms with Gasteiger partial charge in [0.15, 0.2) is 5.84 Å². The highest BCUT2D eigenvalue weighted by Gasteiger charge is 2.30. The van der Waals surface area contributed by atoms with Crippen LogP contribution in [0.2, 0.25) is 0 Å². The van der Waals surface area contributed by atoms with E-state index >= 15 is 0 Å². The van der Waals surface area contributed by atoms with E-state index in [9.17, 15) is 13.2 Å². The van der Waals surface area contributed by atoms with Crippen molar-refractivity contribution in [1.82, 2.24) is 10.2 Å². The van der Waals surface area contributed by atoms with Crippen molar-refractivity contribution in [2.45, 2.75) is 19.9 Å². The molecule has 2 aliphatic heterocycles. The fourth-order valence-electron chi connectivity index (χ4n) is 2.43. The number of amidine groups is 1. The van der Waals surface area contributed by atoms with Crippen molar-refractivity contribution in [3.05, 3.63) is 47.6 Å². The summed E-state index contributed by atoms with van der Waals surface area (Å²) in [5, 5.41) is 2.80. The number of allylic oxidation sites excluding steroid dienone is 2. The van der Waals surface area contributed by atoms with E-state index in [1.54, 1.807) is 36.2 Å². The molecule has 1 aromatic rings. The van der Waals surface area contributed by atoms with Gasteiger partial charge in [-0.1, -0.05) is 0 Å². The zero-order valence-corrected chi connectivity index (χ0v) is 13.6. The summed E-state index contributed by atoms with van der Waals surface area (Å²) in [6, 6.07) is 3.28. The normalized spacial score (nSPS) is 20.3. The first-order valence-electron chi connectivity index (χ1n) is 7.21. The average molecular weight is 335 g/mol. The first kappa shape index (κ1) is 15.5. The Kier molecular flexibility index (Phi) is 3.85. The van der Waals surface area contributed by atoms with Gasteiger partial charge in [0, 0.05) is 12.7 Å². The lowest BCUT2D eigenvalue weighted by atomic mass is 10.1. The average Bonchev–Trinajstić information content (AvgIpc) is 2.92. The number of hydrogen-bond acceptors (Lipinski definition) is 5. The van der Waals surface area contributed by atoms with Gasteiger partial charge in [-0.3, -0.25) is 4.79 Å². The molecule has 1 aromatic heterocycles. The molecule has 122 valence electrons. The summed E-state index contributed by atoms with van der Waals surface area (Å²) in [4.78, 5) is 14.2. The number of nitrogens with zero attached hydrogens (tertiary/aromatic N) is 2. The minimum Gasteiger partial charge on any atom is -0.464 e. The number of aryl methyl sites for hydroxylation is 1. The van der Waals surface area contributed by atoms with Gasteiger partial charge in [0.05, 0.1) is 17.4 Å². The van der Waals surface area contributed by atoms with E-state index in [1.807, 2.05) is 13.0 Å². The minimum absolute atomic E-state index is 0.0577. The number of nitrogens with one attached hydrogen (secondary N) is 1. The van der Waals surface area contributed by atoms with Crippen molar-refractivity contribution in [3.8, 4) is 0 Å². The van der Waals surface area contributed by atoms with Gasteiger partial charge in [-0.15, -0.1) is 4.40 Å². The molecule has 1 atom stereocenters. The molecule has 0 unspecified atom stereocenters. The molecule has 0 bridgehead atoms. The number of furan rings is 1. The van der Waals surface area contributed by atoms with Crippen LogP contribution in [0.3, 0.4) is 0 Å². The maximum Gasteiger partial charge on any atom is 0.256 e. The smallest absolute Gasteiger partial charge is 0.256 e. The number of carbonyl (C=O) groups excluding carboxylic acids is 1. The predicted octanol–water partition coefficient (Wildman–Crippen LogP) is 1.26. The lowest BCUT2D eigenvalue weighted by Gasteiger charge is -2.29. The summed E-state index contributed by atoms with van der Waals surface area (Å²) in [5.41, 5.74) is 0.228. The summed E-state index contributed by atoms with van der Waals surface area (Å²) >= 11 is 0. The van der Waals surface area contributed by atoms with E-state index in [4.69, 9.17) is 4.42 Å². The van der Waals surface area contributed by atoms with E-state index in [0.29, 0.717) is 5.76 Å². The summed E-state index contributed by atoms with van der Waals surface area (Å²) in [7, 11) is -3.52. The van der Waals surface area contributed by atoms with Crippen molar-refractivity contribution in [2.24, 2.45) is 4.40 Å². The SMILES string of the molecule is Cc1ccc([C@H](C)NC(=O)C2=CC=CN3CCS(=O)(=O)N=C23)o1. The Bertz CT molecular complexity index is 833. The van der Waals surface area contributed by atoms with Gasteiger partial charge in [0.2, 0.25) is 0 Å². The fraction of sp³-hybridized carbons (Fsp3) is 0.333. The van der Waals surface area contributed by atoms with Crippen LogP contribution < -0.4 is 5.32 Å². The van der Waals surface area contributed by atoms with Gasteiger partial charge >= 0.3 is 0 Å². The highest BCUT2D eigenvalue weighted by atomic mass is 32.2. The van der Waals surface area contributed by atoms with Crippen molar-refractivity contribution < 1.29 is 17.6 Å². The molecule has 23 heavy (non-hydrogen) atoms. The number of amides is 1. The second-order valence-corrected chi connectivity index (χ2v) is 7.21. The van der Waals surface area contributed by atoms with Crippen LogP contribution in [0.5, 0.6) is 0 Å². The molecule has 0 saturated carbocycles. The second kappa shape index (κ2) is 5.69. The number of rotatable bonds is 3. The number of carbonyl (C=O) groups is 1. The molecule has 2 aliphatic rings. The highest BCUT2D eigenvalue weighted by Crippen LogP contribution is 2.20. The molecule has 8 heteroatoms. The molecule has 1 amide bonds. The van der Waals surface area contributed by atoms with Crippen molar-refractivity contribution in [1.29, 1.82) is 0 Å². The molecule has 0 aliphatic carbocycles. The van der Waals surface area contributed by atoms with E-state index in [-0.39, 0.29) is 29.7 Å². The first-order chi connectivity index (χ1) is 10.9. The Morgan fingerprint density at radius 1 is 1.43 bits per heavy atom. The van der Waals surface area contributed by atoms with Crippen LogP contribution in [0.4, 0.5) is 0 Å². The third-order valence-corrected chi connectivity index (χ3v) is 4.79. The monoisotopic (exact) mass is 335 g/mol. The Hall–Kier alpha value is -2.35. The van der Waals surface area contributed by atoms with Crippen LogP contribution in [0, 0.1) is 6.92 Å². The Labute approximate surface area is 134 Å². The zero-order chi connectivity index (χ0) is 16.6. The molecule has 0 fully saturated rings. The third-order valence-electron chi connectivity index (χ3n) is 3.64. The molecule has 0 spiro atoms. The highest BCUT2D eigenvalue weighted by molar-refractivity contribution is 7.90. The van der Waals surface area contributed by atoms with Gasteiger partial charge in [0.25, 0.3) is 15.9 Å². The topological polar surface area (TPSA) is 92.0 Å². The number of fused-ring (bicyclic) bond motifs is 1. The van der Waals surface area contributed by atoms with Crippen molar-refractivity contribution in [2.75, 3.05) is 12.3 Å². The van der Waals surface area contributed by atoms with Gasteiger partial charge in [-0.05, 0) is 38.1 Å². The van der Waals surface area contributed by atoms with Crippen LogP contribution in [0.15, 0.2) is 44.9 Å². The fourth-order valence-corrected chi connectivity index (χ4v) is 3.41. The van der Waals surface area contributed by atoms with E-state index in [2.05, 4.69) is 9.71 Å². The van der Waals surface area contributed by atoms with Gasteiger partial charge in [-0.2, -0.15) is 0 Å². The maximum absolute atomic E-state index is 12.5. The quantitative estimate of drug-likeness (QED) is 0.898. The minimum atomic E-state index is -3.52. The van der Waals surface area contributed by atoms with E-state index in [0.717, 1.165) is 5.76 Å². The van der Waals surface area contributed by atoms with Gasteiger partial charge < -0.3 is 14.6 Å². The van der Waals surface area contributed by atoms with Crippen molar-refractivity contribution >= 4 is 21.8 Å². The van der Waals surface area contributed by atoms with E-state index in [1.165, 1.54) is 0 Å². The summed E-state index contributed by atoms with van der Waals surface area (Å²) < 4.78 is 32.6. The molecule has 3 heterocycles. The Morgan fingerprint density at radius 2 is 2.22 bits per heavy atom. The molecule has 0 saturated heterocycles. The zero-order valence-electron chi connectivity index (χ0n) is 12.8. The lowest BCUT2D eigenvalue weighted by Crippen LogP contribution is -2.42. The summed E-state index contributed by atoms with van der Waals surface area (Å²) in [6.45, 7) is 3.91. The molecular weight excluding hydrogens is 318 g/mol. The molecular formula is C15H17N3O4S. The standard InChI is InChI=1S/C15H17N3O4S/c1-10-5-6-13(22-10)11(2)16-15(19)12-4-3-7-18-8-9-23(20,21)17-14(12)18/h3-7,11H,8-9H2,1-2H3,(H,16,19)/t11-/m0/s1. The molecule has 3 rings (SSSR count). The van der Waals surface area contributed by atoms with Crippen LogP contribution >= 0.6 is 0 Å². The molecule has 0 radical (unpaired) electrons. The van der Waals surface area contributed by atoms with Crippen LogP contribution in [0.1, 0.15) is 24.5 Å². The van der Waals surface area contributed by atoms with Crippen LogP contribution in [-0.2, 0) is 14.8 Å². The van der Waals surface area contributed by atoms with Crippen LogP contribution in [0.25, 0.3) is 0 Å². The van der Waals surface area contributed by atoms with Gasteiger partial charge in [0.1, 0.15) is 11.5 Å². The van der Waals surface area contributed by atoms with Gasteiger partial charge in [-0.25, -0.2) is 8.42 Å². The molecule has 7 nitrogen and oxygen atoms in total. The first-order valence-corrected chi connectivity index (χ1v) is 8.82. The van der Waals surface area contributed by atoms with Crippen LogP contribution in [-0.4, -0.2) is 37.4 Å². The van der Waals surface area contributed by atoms with Crippen molar-refractivity contribution in [3.63, 3.8) is 0 Å². The molecule has 0 aromatic carbocycles. The number of sulfonamides is 1. The summed E-state index contributed by atoms with van der Waals surface area (Å²) in [5.74, 6) is 1.11. The molecule has 1 N–H and O–H groups in total. The summed E-state index contributed by atoms with van der Waals surface area (Å²) in [6.07, 6.45) is 4.98. The largest absolute Gasteiger partial charge is 0.464 e. The third kappa shape index (κ3) is 3.21. The predicted molar refractivity (Wildman–Crippen MR) is 85.2 cm³/mol. The maximum atomic E-state index is 12.5. The Morgan fingerprint density at radius 3 is 2.91 bits per heavy atom. The van der Waals surface area contributed by atoms with E-state index < -0.39 is 15.9 Å².